The fourth-order valence-electron chi connectivity index (χ4n) is 4.20. The van der Waals surface area contributed by atoms with Crippen LogP contribution in [0, 0.1) is 12.8 Å². The van der Waals surface area contributed by atoms with Crippen LogP contribution < -0.4 is 14.2 Å². The third-order valence-corrected chi connectivity index (χ3v) is 8.51. The van der Waals surface area contributed by atoms with Crippen molar-refractivity contribution in [2.24, 2.45) is 5.92 Å². The third-order valence-electron chi connectivity index (χ3n) is 6.43. The lowest BCUT2D eigenvalue weighted by atomic mass is 10.1. The topological polar surface area (TPSA) is 104 Å². The zero-order chi connectivity index (χ0) is 28.3. The van der Waals surface area contributed by atoms with Gasteiger partial charge in [0, 0.05) is 5.56 Å². The van der Waals surface area contributed by atoms with Crippen LogP contribution in [0.3, 0.4) is 0 Å². The number of hydrogen-bond donors (Lipinski definition) is 1. The van der Waals surface area contributed by atoms with Crippen molar-refractivity contribution in [3.8, 4) is 22.6 Å². The van der Waals surface area contributed by atoms with E-state index in [2.05, 4.69) is 20.7 Å². The Morgan fingerprint density at radius 1 is 0.974 bits per heavy atom. The van der Waals surface area contributed by atoms with E-state index in [4.69, 9.17) is 18.6 Å². The van der Waals surface area contributed by atoms with E-state index in [0.29, 0.717) is 11.5 Å². The van der Waals surface area contributed by atoms with Crippen LogP contribution in [0.5, 0.6) is 11.5 Å². The van der Waals surface area contributed by atoms with E-state index in [-0.39, 0.29) is 17.4 Å². The van der Waals surface area contributed by atoms with Gasteiger partial charge < -0.3 is 18.6 Å². The first-order valence-corrected chi connectivity index (χ1v) is 14.5. The van der Waals surface area contributed by atoms with Crippen LogP contribution in [0.1, 0.15) is 25.2 Å². The highest BCUT2D eigenvalue weighted by atomic mass is 79.9. The predicted octanol–water partition coefficient (Wildman–Crippen LogP) is 6.23. The molecule has 0 amide bonds. The molecule has 8 nitrogen and oxygen atoms in total. The van der Waals surface area contributed by atoms with Crippen LogP contribution in [0.4, 0.5) is 0 Å². The number of carbonyl (C=O) groups excluding carboxylic acids is 1. The van der Waals surface area contributed by atoms with Crippen LogP contribution in [-0.4, -0.2) is 34.6 Å². The molecule has 0 fully saturated rings. The Morgan fingerprint density at radius 2 is 1.59 bits per heavy atom. The van der Waals surface area contributed by atoms with Crippen LogP contribution in [0.25, 0.3) is 22.1 Å². The Kier molecular flexibility index (Phi) is 8.68. The number of fused-ring (bicyclic) bond motifs is 1. The highest BCUT2D eigenvalue weighted by Gasteiger charge is 2.29. The second kappa shape index (κ2) is 11.8. The molecule has 0 radical (unpaired) electrons. The lowest BCUT2D eigenvalue weighted by Gasteiger charge is -2.19. The first-order valence-electron chi connectivity index (χ1n) is 12.2. The van der Waals surface area contributed by atoms with Gasteiger partial charge >= 0.3 is 5.97 Å². The van der Waals surface area contributed by atoms with Crippen molar-refractivity contribution >= 4 is 42.9 Å². The first-order chi connectivity index (χ1) is 18.6. The summed E-state index contributed by atoms with van der Waals surface area (Å²) in [6.45, 7) is 5.72. The molecule has 0 aliphatic rings. The van der Waals surface area contributed by atoms with E-state index >= 15 is 0 Å². The minimum absolute atomic E-state index is 0.0608. The Labute approximate surface area is 236 Å². The van der Waals surface area contributed by atoms with E-state index < -0.39 is 22.0 Å². The Balaban J connectivity index is 1.45. The number of furan rings is 1. The van der Waals surface area contributed by atoms with Gasteiger partial charge in [-0.3, -0.25) is 4.79 Å². The van der Waals surface area contributed by atoms with Crippen LogP contribution in [0.15, 0.2) is 74.4 Å². The standard InChI is InChI=1S/C29H30BrNO7S/c1-17(2)27(29(32)36-5)31-39(33,34)22-12-8-20(9-13-22)19-6-10-21(11-7-19)37-16-25-18(3)26-24(38-25)15-14-23(30)28(26)35-4/h6-15,17,27,31H,16H2,1-5H3/t27-/m1/s1. The van der Waals surface area contributed by atoms with Gasteiger partial charge in [-0.2, -0.15) is 4.72 Å². The van der Waals surface area contributed by atoms with E-state index in [1.165, 1.54) is 19.2 Å². The summed E-state index contributed by atoms with van der Waals surface area (Å²) in [4.78, 5) is 12.0. The number of hydrogen-bond acceptors (Lipinski definition) is 7. The highest BCUT2D eigenvalue weighted by Crippen LogP contribution is 2.38. The largest absolute Gasteiger partial charge is 0.495 e. The molecule has 1 heterocycles. The Morgan fingerprint density at radius 3 is 2.15 bits per heavy atom. The van der Waals surface area contributed by atoms with E-state index in [0.717, 1.165) is 37.9 Å². The maximum Gasteiger partial charge on any atom is 0.324 e. The Bertz CT molecular complexity index is 1580. The SMILES string of the molecule is COC(=O)[C@H](NS(=O)(=O)c1ccc(-c2ccc(OCc3oc4ccc(Br)c(OC)c4c3C)cc2)cc1)C(C)C. The second-order valence-corrected chi connectivity index (χ2v) is 11.9. The highest BCUT2D eigenvalue weighted by molar-refractivity contribution is 9.10. The summed E-state index contributed by atoms with van der Waals surface area (Å²) in [6, 6.07) is 16.7. The van der Waals surface area contributed by atoms with E-state index in [9.17, 15) is 13.2 Å². The molecule has 10 heteroatoms. The molecule has 0 saturated heterocycles. The summed E-state index contributed by atoms with van der Waals surface area (Å²) in [5.41, 5.74) is 3.41. The summed E-state index contributed by atoms with van der Waals surface area (Å²) in [7, 11) is -1.05. The number of esters is 1. The Hall–Kier alpha value is -3.34. The second-order valence-electron chi connectivity index (χ2n) is 9.31. The van der Waals surface area contributed by atoms with Gasteiger partial charge in [0.05, 0.1) is 29.0 Å². The number of nitrogens with one attached hydrogen (secondary N) is 1. The molecule has 3 aromatic carbocycles. The van der Waals surface area contributed by atoms with E-state index in [1.54, 1.807) is 33.1 Å². The number of benzene rings is 3. The van der Waals surface area contributed by atoms with Crippen LogP contribution in [0.2, 0.25) is 0 Å². The number of rotatable bonds is 10. The molecule has 0 aliphatic heterocycles. The number of methoxy groups -OCH3 is 2. The van der Waals surface area contributed by atoms with Gasteiger partial charge in [-0.25, -0.2) is 8.42 Å². The van der Waals surface area contributed by atoms with Gasteiger partial charge in [-0.1, -0.05) is 38.1 Å². The van der Waals surface area contributed by atoms with Crippen molar-refractivity contribution in [1.29, 1.82) is 0 Å². The quantitative estimate of drug-likeness (QED) is 0.211. The molecule has 4 rings (SSSR count). The molecular formula is C29H30BrNO7S. The molecule has 206 valence electrons. The number of aryl methyl sites for hydroxylation is 1. The molecule has 0 spiro atoms. The van der Waals surface area contributed by atoms with Crippen molar-refractivity contribution in [2.45, 2.75) is 38.3 Å². The maximum atomic E-state index is 12.8. The summed E-state index contributed by atoms with van der Waals surface area (Å²) < 4.78 is 51.2. The van der Waals surface area contributed by atoms with Gasteiger partial charge in [0.25, 0.3) is 0 Å². The lowest BCUT2D eigenvalue weighted by Crippen LogP contribution is -2.44. The molecule has 1 N–H and O–H groups in total. The fourth-order valence-corrected chi connectivity index (χ4v) is 6.03. The molecule has 1 aromatic heterocycles. The van der Waals surface area contributed by atoms with E-state index in [1.807, 2.05) is 43.3 Å². The van der Waals surface area contributed by atoms with Crippen LogP contribution >= 0.6 is 15.9 Å². The average Bonchev–Trinajstić information content (AvgIpc) is 3.25. The summed E-state index contributed by atoms with van der Waals surface area (Å²) in [5.74, 6) is 1.20. The summed E-state index contributed by atoms with van der Waals surface area (Å²) in [6.07, 6.45) is 0. The average molecular weight is 617 g/mol. The molecule has 0 bridgehead atoms. The minimum Gasteiger partial charge on any atom is -0.495 e. The van der Waals surface area contributed by atoms with Gasteiger partial charge in [0.1, 0.15) is 35.5 Å². The van der Waals surface area contributed by atoms with Crippen molar-refractivity contribution in [2.75, 3.05) is 14.2 Å². The summed E-state index contributed by atoms with van der Waals surface area (Å²) in [5, 5.41) is 0.909. The van der Waals surface area contributed by atoms with Crippen molar-refractivity contribution in [1.82, 2.24) is 4.72 Å². The molecular weight excluding hydrogens is 586 g/mol. The first kappa shape index (κ1) is 28.7. The number of sulfonamides is 1. The van der Waals surface area contributed by atoms with Crippen LogP contribution in [-0.2, 0) is 26.2 Å². The molecule has 39 heavy (non-hydrogen) atoms. The molecule has 1 atom stereocenters. The molecule has 0 unspecified atom stereocenters. The van der Waals surface area contributed by atoms with Gasteiger partial charge in [-0.05, 0) is 76.3 Å². The molecule has 4 aromatic rings. The maximum absolute atomic E-state index is 12.8. The predicted molar refractivity (Wildman–Crippen MR) is 152 cm³/mol. The smallest absolute Gasteiger partial charge is 0.324 e. The zero-order valence-electron chi connectivity index (χ0n) is 22.3. The lowest BCUT2D eigenvalue weighted by molar-refractivity contribution is -0.143. The molecule has 0 aliphatic carbocycles. The number of ether oxygens (including phenoxy) is 3. The van der Waals surface area contributed by atoms with Crippen molar-refractivity contribution in [3.63, 3.8) is 0 Å². The third kappa shape index (κ3) is 6.13. The molecule has 0 saturated carbocycles. The number of carbonyl (C=O) groups is 1. The van der Waals surface area contributed by atoms with Gasteiger partial charge in [-0.15, -0.1) is 0 Å². The minimum atomic E-state index is -3.91. The monoisotopic (exact) mass is 615 g/mol. The number of halogens is 1. The van der Waals surface area contributed by atoms with Gasteiger partial charge in [0.15, 0.2) is 0 Å². The normalized spacial score (nSPS) is 12.5. The zero-order valence-corrected chi connectivity index (χ0v) is 24.7. The fraction of sp³-hybridized carbons (Fsp3) is 0.276. The van der Waals surface area contributed by atoms with Crippen molar-refractivity contribution < 1.29 is 31.8 Å². The van der Waals surface area contributed by atoms with Gasteiger partial charge in [0.2, 0.25) is 10.0 Å². The summed E-state index contributed by atoms with van der Waals surface area (Å²) >= 11 is 3.51. The van der Waals surface area contributed by atoms with Crippen molar-refractivity contribution in [3.05, 3.63) is 76.5 Å².